The van der Waals surface area contributed by atoms with Crippen LogP contribution in [0.1, 0.15) is 37.5 Å². The summed E-state index contributed by atoms with van der Waals surface area (Å²) in [6, 6.07) is 26.1. The molecule has 0 amide bonds. The standard InChI is InChI=1S/C26H28N2/c1-18-12-14-20(15-13-18)24-25(22-10-5-6-11-23(22)28-24)27-17-19-8-7-9-21(16-19)26(2,3)4/h5-16,27-28H,17H2,1-4H3. The van der Waals surface area contributed by atoms with E-state index >= 15 is 0 Å². The number of hydrogen-bond acceptors (Lipinski definition) is 1. The van der Waals surface area contributed by atoms with Gasteiger partial charge in [0.15, 0.2) is 0 Å². The van der Waals surface area contributed by atoms with Crippen molar-refractivity contribution >= 4 is 16.6 Å². The molecule has 2 heteroatoms. The molecule has 0 aliphatic rings. The van der Waals surface area contributed by atoms with Crippen LogP contribution in [0, 0.1) is 6.92 Å². The fourth-order valence-corrected chi connectivity index (χ4v) is 3.60. The molecule has 0 aliphatic heterocycles. The quantitative estimate of drug-likeness (QED) is 0.397. The van der Waals surface area contributed by atoms with Gasteiger partial charge < -0.3 is 10.3 Å². The summed E-state index contributed by atoms with van der Waals surface area (Å²) >= 11 is 0. The van der Waals surface area contributed by atoms with Crippen LogP contribution in [0.25, 0.3) is 22.2 Å². The minimum Gasteiger partial charge on any atom is -0.379 e. The summed E-state index contributed by atoms with van der Waals surface area (Å²) in [7, 11) is 0. The minimum absolute atomic E-state index is 0.157. The Morgan fingerprint density at radius 3 is 2.36 bits per heavy atom. The Bertz CT molecular complexity index is 1100. The number of anilines is 1. The highest BCUT2D eigenvalue weighted by molar-refractivity contribution is 6.01. The van der Waals surface area contributed by atoms with E-state index in [0.717, 1.165) is 17.8 Å². The number of fused-ring (bicyclic) bond motifs is 1. The average Bonchev–Trinajstić information content (AvgIpc) is 3.05. The number of aromatic nitrogens is 1. The van der Waals surface area contributed by atoms with E-state index in [0.29, 0.717) is 0 Å². The van der Waals surface area contributed by atoms with Crippen LogP contribution in [0.2, 0.25) is 0 Å². The van der Waals surface area contributed by atoms with Crippen LogP contribution < -0.4 is 5.32 Å². The van der Waals surface area contributed by atoms with Crippen molar-refractivity contribution in [2.75, 3.05) is 5.32 Å². The summed E-state index contributed by atoms with van der Waals surface area (Å²) in [5.74, 6) is 0. The first kappa shape index (κ1) is 18.4. The number of H-pyrrole nitrogens is 1. The first-order chi connectivity index (χ1) is 13.4. The molecular weight excluding hydrogens is 340 g/mol. The van der Waals surface area contributed by atoms with Crippen molar-refractivity contribution < 1.29 is 0 Å². The summed E-state index contributed by atoms with van der Waals surface area (Å²) < 4.78 is 0. The van der Waals surface area contributed by atoms with E-state index in [1.807, 2.05) is 0 Å². The highest BCUT2D eigenvalue weighted by Crippen LogP contribution is 2.35. The Hall–Kier alpha value is -3.00. The smallest absolute Gasteiger partial charge is 0.0700 e. The molecular formula is C26H28N2. The summed E-state index contributed by atoms with van der Waals surface area (Å²) in [5, 5.41) is 4.94. The van der Waals surface area contributed by atoms with E-state index in [1.54, 1.807) is 0 Å². The molecule has 3 aromatic carbocycles. The van der Waals surface area contributed by atoms with Crippen molar-refractivity contribution in [3.63, 3.8) is 0 Å². The maximum atomic E-state index is 3.71. The van der Waals surface area contributed by atoms with E-state index in [9.17, 15) is 0 Å². The Balaban J connectivity index is 1.70. The normalized spacial score (nSPS) is 11.7. The highest BCUT2D eigenvalue weighted by Gasteiger charge is 2.15. The summed E-state index contributed by atoms with van der Waals surface area (Å²) in [5.41, 5.74) is 8.76. The van der Waals surface area contributed by atoms with Gasteiger partial charge in [0.25, 0.3) is 0 Å². The van der Waals surface area contributed by atoms with Gasteiger partial charge in [-0.25, -0.2) is 0 Å². The van der Waals surface area contributed by atoms with Crippen LogP contribution in [-0.2, 0) is 12.0 Å². The average molecular weight is 369 g/mol. The van der Waals surface area contributed by atoms with Crippen LogP contribution in [0.15, 0.2) is 72.8 Å². The third-order valence-electron chi connectivity index (χ3n) is 5.31. The van der Waals surface area contributed by atoms with Crippen LogP contribution in [-0.4, -0.2) is 4.98 Å². The third-order valence-corrected chi connectivity index (χ3v) is 5.31. The van der Waals surface area contributed by atoms with Gasteiger partial charge in [-0.1, -0.05) is 93.1 Å². The minimum atomic E-state index is 0.157. The van der Waals surface area contributed by atoms with Gasteiger partial charge in [0.1, 0.15) is 0 Å². The molecule has 0 saturated heterocycles. The van der Waals surface area contributed by atoms with Crippen LogP contribution in [0.5, 0.6) is 0 Å². The number of para-hydroxylation sites is 1. The van der Waals surface area contributed by atoms with Crippen molar-refractivity contribution in [3.05, 3.63) is 89.5 Å². The van der Waals surface area contributed by atoms with Gasteiger partial charge in [0, 0.05) is 23.0 Å². The zero-order valence-corrected chi connectivity index (χ0v) is 17.1. The predicted molar refractivity (Wildman–Crippen MR) is 121 cm³/mol. The monoisotopic (exact) mass is 368 g/mol. The van der Waals surface area contributed by atoms with Crippen molar-refractivity contribution in [1.29, 1.82) is 0 Å². The number of nitrogens with one attached hydrogen (secondary N) is 2. The van der Waals surface area contributed by atoms with Gasteiger partial charge in [-0.3, -0.25) is 0 Å². The van der Waals surface area contributed by atoms with Crippen molar-refractivity contribution in [2.24, 2.45) is 0 Å². The van der Waals surface area contributed by atoms with Crippen molar-refractivity contribution in [2.45, 2.75) is 39.7 Å². The second-order valence-corrected chi connectivity index (χ2v) is 8.59. The summed E-state index contributed by atoms with van der Waals surface area (Å²) in [6.45, 7) is 9.69. The number of hydrogen-bond donors (Lipinski definition) is 2. The van der Waals surface area contributed by atoms with Crippen molar-refractivity contribution in [1.82, 2.24) is 4.98 Å². The zero-order valence-electron chi connectivity index (χ0n) is 17.1. The molecule has 0 saturated carbocycles. The molecule has 2 nitrogen and oxygen atoms in total. The lowest BCUT2D eigenvalue weighted by Crippen LogP contribution is -2.11. The van der Waals surface area contributed by atoms with Gasteiger partial charge in [-0.15, -0.1) is 0 Å². The van der Waals surface area contributed by atoms with E-state index in [1.165, 1.54) is 33.3 Å². The maximum Gasteiger partial charge on any atom is 0.0700 e. The molecule has 0 aliphatic carbocycles. The van der Waals surface area contributed by atoms with Crippen LogP contribution in [0.3, 0.4) is 0 Å². The molecule has 0 atom stereocenters. The molecule has 28 heavy (non-hydrogen) atoms. The fourth-order valence-electron chi connectivity index (χ4n) is 3.60. The van der Waals surface area contributed by atoms with Crippen LogP contribution in [0.4, 0.5) is 5.69 Å². The lowest BCUT2D eigenvalue weighted by atomic mass is 9.86. The molecule has 4 rings (SSSR count). The SMILES string of the molecule is Cc1ccc(-c2[nH]c3ccccc3c2NCc2cccc(C(C)(C)C)c2)cc1. The lowest BCUT2D eigenvalue weighted by molar-refractivity contribution is 0.589. The summed E-state index contributed by atoms with van der Waals surface area (Å²) in [6.07, 6.45) is 0. The molecule has 0 unspecified atom stereocenters. The predicted octanol–water partition coefficient (Wildman–Crippen LogP) is 7.05. The van der Waals surface area contributed by atoms with E-state index < -0.39 is 0 Å². The Labute approximate surface area is 167 Å². The Morgan fingerprint density at radius 2 is 1.61 bits per heavy atom. The second kappa shape index (κ2) is 7.20. The molecule has 1 aromatic heterocycles. The first-order valence-corrected chi connectivity index (χ1v) is 9.93. The van der Waals surface area contributed by atoms with Gasteiger partial charge in [0.2, 0.25) is 0 Å². The van der Waals surface area contributed by atoms with E-state index in [2.05, 4.69) is 111 Å². The van der Waals surface area contributed by atoms with Crippen LogP contribution >= 0.6 is 0 Å². The molecule has 2 N–H and O–H groups in total. The molecule has 4 aromatic rings. The lowest BCUT2D eigenvalue weighted by Gasteiger charge is -2.20. The van der Waals surface area contributed by atoms with Gasteiger partial charge in [-0.2, -0.15) is 0 Å². The molecule has 142 valence electrons. The van der Waals surface area contributed by atoms with E-state index in [4.69, 9.17) is 0 Å². The fraction of sp³-hybridized carbons (Fsp3) is 0.231. The second-order valence-electron chi connectivity index (χ2n) is 8.59. The largest absolute Gasteiger partial charge is 0.379 e. The summed E-state index contributed by atoms with van der Waals surface area (Å²) in [4.78, 5) is 3.61. The zero-order chi connectivity index (χ0) is 19.7. The molecule has 0 spiro atoms. The van der Waals surface area contributed by atoms with Crippen molar-refractivity contribution in [3.8, 4) is 11.3 Å². The number of aromatic amines is 1. The van der Waals surface area contributed by atoms with Gasteiger partial charge in [0.05, 0.1) is 11.4 Å². The molecule has 1 heterocycles. The number of benzene rings is 3. The molecule has 0 bridgehead atoms. The topological polar surface area (TPSA) is 27.8 Å². The number of aryl methyl sites for hydroxylation is 1. The van der Waals surface area contributed by atoms with Gasteiger partial charge >= 0.3 is 0 Å². The van der Waals surface area contributed by atoms with E-state index in [-0.39, 0.29) is 5.41 Å². The van der Waals surface area contributed by atoms with Gasteiger partial charge in [-0.05, 0) is 29.5 Å². The Kier molecular flexibility index (Phi) is 4.72. The third kappa shape index (κ3) is 3.68. The molecule has 0 radical (unpaired) electrons. The Morgan fingerprint density at radius 1 is 0.857 bits per heavy atom. The first-order valence-electron chi connectivity index (χ1n) is 9.93. The number of rotatable bonds is 4. The molecule has 0 fully saturated rings. The highest BCUT2D eigenvalue weighted by atomic mass is 14.9. The maximum absolute atomic E-state index is 3.71.